The van der Waals surface area contributed by atoms with Crippen LogP contribution in [0, 0.1) is 0 Å². The first kappa shape index (κ1) is 19.7. The number of anilines is 1. The molecular weight excluding hydrogens is 384 g/mol. The van der Waals surface area contributed by atoms with Crippen LogP contribution in [0.25, 0.3) is 11.4 Å². The summed E-state index contributed by atoms with van der Waals surface area (Å²) >= 11 is 0. The molecule has 0 radical (unpaired) electrons. The van der Waals surface area contributed by atoms with Gasteiger partial charge in [0, 0.05) is 38.0 Å². The van der Waals surface area contributed by atoms with E-state index < -0.39 is 5.91 Å². The Morgan fingerprint density at radius 3 is 2.87 bits per heavy atom. The number of carbonyl (C=O) groups is 1. The van der Waals surface area contributed by atoms with Crippen LogP contribution < -0.4 is 16.2 Å². The second-order valence-corrected chi connectivity index (χ2v) is 7.08. The maximum absolute atomic E-state index is 12.6. The topological polar surface area (TPSA) is 116 Å². The third-order valence-corrected chi connectivity index (χ3v) is 5.06. The highest BCUT2D eigenvalue weighted by Crippen LogP contribution is 2.26. The lowest BCUT2D eigenvalue weighted by molar-refractivity contribution is 0.0685. The van der Waals surface area contributed by atoms with Crippen LogP contribution in [0.4, 0.5) is 5.95 Å². The van der Waals surface area contributed by atoms with Gasteiger partial charge in [-0.1, -0.05) is 12.1 Å². The van der Waals surface area contributed by atoms with Crippen LogP contribution in [-0.2, 0) is 11.8 Å². The number of ether oxygens (including phenoxy) is 1. The van der Waals surface area contributed by atoms with Gasteiger partial charge in [-0.25, -0.2) is 15.0 Å². The highest BCUT2D eigenvalue weighted by molar-refractivity contribution is 5.92. The van der Waals surface area contributed by atoms with Gasteiger partial charge in [0.25, 0.3) is 5.56 Å². The van der Waals surface area contributed by atoms with E-state index in [0.717, 1.165) is 12.0 Å². The first-order valence-corrected chi connectivity index (χ1v) is 9.63. The van der Waals surface area contributed by atoms with Crippen LogP contribution in [0.2, 0.25) is 0 Å². The third kappa shape index (κ3) is 4.06. The first-order chi connectivity index (χ1) is 14.5. The smallest absolute Gasteiger partial charge is 0.255 e. The van der Waals surface area contributed by atoms with Crippen molar-refractivity contribution in [3.05, 3.63) is 70.4 Å². The van der Waals surface area contributed by atoms with Gasteiger partial charge in [-0.2, -0.15) is 0 Å². The van der Waals surface area contributed by atoms with Crippen LogP contribution in [-0.4, -0.2) is 45.1 Å². The largest absolute Gasteiger partial charge is 0.372 e. The maximum atomic E-state index is 12.6. The van der Waals surface area contributed by atoms with E-state index >= 15 is 0 Å². The number of nitrogens with two attached hydrogens (primary N) is 1. The monoisotopic (exact) mass is 406 g/mol. The number of amides is 1. The summed E-state index contributed by atoms with van der Waals surface area (Å²) in [6, 6.07) is 10.3. The molecule has 2 aromatic heterocycles. The van der Waals surface area contributed by atoms with Gasteiger partial charge >= 0.3 is 0 Å². The van der Waals surface area contributed by atoms with Crippen LogP contribution in [0.3, 0.4) is 0 Å². The molecule has 1 amide bonds. The van der Waals surface area contributed by atoms with Gasteiger partial charge in [0.05, 0.1) is 17.9 Å². The molecule has 0 saturated carbocycles. The Morgan fingerprint density at radius 2 is 2.10 bits per heavy atom. The molecule has 4 rings (SSSR count). The van der Waals surface area contributed by atoms with Crippen molar-refractivity contribution in [2.24, 2.45) is 12.8 Å². The van der Waals surface area contributed by atoms with Crippen molar-refractivity contribution in [1.29, 1.82) is 0 Å². The average molecular weight is 406 g/mol. The van der Waals surface area contributed by atoms with E-state index in [-0.39, 0.29) is 11.7 Å². The van der Waals surface area contributed by atoms with Crippen molar-refractivity contribution < 1.29 is 9.53 Å². The second-order valence-electron chi connectivity index (χ2n) is 7.08. The Balaban J connectivity index is 1.69. The third-order valence-electron chi connectivity index (χ3n) is 5.06. The molecule has 1 aliphatic rings. The van der Waals surface area contributed by atoms with Gasteiger partial charge in [0.15, 0.2) is 0 Å². The fourth-order valence-electron chi connectivity index (χ4n) is 3.48. The Kier molecular flexibility index (Phi) is 5.53. The molecule has 9 nitrogen and oxygen atoms in total. The second kappa shape index (κ2) is 8.42. The summed E-state index contributed by atoms with van der Waals surface area (Å²) in [7, 11) is 1.70. The molecule has 154 valence electrons. The van der Waals surface area contributed by atoms with Crippen molar-refractivity contribution in [3.8, 4) is 11.4 Å². The SMILES string of the molecule is Cn1c(N2CCCOC(c3cccc(C(N)=O)c3)C2)nc(-c2ccncn2)cc1=O. The zero-order valence-corrected chi connectivity index (χ0v) is 16.6. The molecule has 1 aliphatic heterocycles. The van der Waals surface area contributed by atoms with Gasteiger partial charge in [-0.3, -0.25) is 14.2 Å². The Morgan fingerprint density at radius 1 is 1.23 bits per heavy atom. The minimum Gasteiger partial charge on any atom is -0.372 e. The van der Waals surface area contributed by atoms with Crippen molar-refractivity contribution in [1.82, 2.24) is 19.5 Å². The van der Waals surface area contributed by atoms with Crippen molar-refractivity contribution >= 4 is 11.9 Å². The van der Waals surface area contributed by atoms with E-state index in [2.05, 4.69) is 9.97 Å². The van der Waals surface area contributed by atoms with Crippen molar-refractivity contribution in [3.63, 3.8) is 0 Å². The Hall–Kier alpha value is -3.59. The van der Waals surface area contributed by atoms with Gasteiger partial charge in [-0.15, -0.1) is 0 Å². The van der Waals surface area contributed by atoms with E-state index in [1.165, 1.54) is 17.0 Å². The summed E-state index contributed by atoms with van der Waals surface area (Å²) < 4.78 is 7.55. The quantitative estimate of drug-likeness (QED) is 0.694. The zero-order chi connectivity index (χ0) is 21.1. The summed E-state index contributed by atoms with van der Waals surface area (Å²) in [4.78, 5) is 39.0. The predicted octanol–water partition coefficient (Wildman–Crippen LogP) is 1.30. The van der Waals surface area contributed by atoms with Crippen molar-refractivity contribution in [2.75, 3.05) is 24.6 Å². The molecule has 2 N–H and O–H groups in total. The fraction of sp³-hybridized carbons (Fsp3) is 0.286. The maximum Gasteiger partial charge on any atom is 0.255 e. The number of nitrogens with zero attached hydrogens (tertiary/aromatic N) is 5. The molecule has 0 bridgehead atoms. The average Bonchev–Trinajstić information content (AvgIpc) is 3.02. The minimum atomic E-state index is -0.482. The Labute approximate surface area is 173 Å². The molecule has 1 fully saturated rings. The van der Waals surface area contributed by atoms with E-state index in [1.54, 1.807) is 37.5 Å². The summed E-state index contributed by atoms with van der Waals surface area (Å²) in [5, 5.41) is 0. The lowest BCUT2D eigenvalue weighted by Crippen LogP contribution is -2.34. The van der Waals surface area contributed by atoms with E-state index in [1.807, 2.05) is 11.0 Å². The van der Waals surface area contributed by atoms with E-state index in [4.69, 9.17) is 15.5 Å². The molecule has 0 spiro atoms. The number of hydrogen-bond acceptors (Lipinski definition) is 7. The van der Waals surface area contributed by atoms with Crippen LogP contribution in [0.1, 0.15) is 28.4 Å². The van der Waals surface area contributed by atoms with Gasteiger partial charge in [0.1, 0.15) is 12.4 Å². The van der Waals surface area contributed by atoms with Gasteiger partial charge < -0.3 is 15.4 Å². The fourth-order valence-corrected chi connectivity index (χ4v) is 3.48. The van der Waals surface area contributed by atoms with Crippen LogP contribution in [0.5, 0.6) is 0 Å². The standard InChI is InChI=1S/C21H22N6O3/c1-26-19(28)11-17(16-6-7-23-13-24-16)25-21(26)27-8-3-9-30-18(12-27)14-4-2-5-15(10-14)20(22)29/h2,4-7,10-11,13,18H,3,8-9,12H2,1H3,(H2,22,29). The normalized spacial score (nSPS) is 16.8. The lowest BCUT2D eigenvalue weighted by Gasteiger charge is -2.26. The molecule has 3 heterocycles. The molecule has 30 heavy (non-hydrogen) atoms. The summed E-state index contributed by atoms with van der Waals surface area (Å²) in [6.07, 6.45) is 3.53. The van der Waals surface area contributed by atoms with E-state index in [0.29, 0.717) is 42.6 Å². The predicted molar refractivity (Wildman–Crippen MR) is 111 cm³/mol. The molecule has 1 unspecified atom stereocenters. The van der Waals surface area contributed by atoms with Crippen LogP contribution in [0.15, 0.2) is 53.7 Å². The molecule has 9 heteroatoms. The zero-order valence-electron chi connectivity index (χ0n) is 16.6. The number of rotatable bonds is 4. The highest BCUT2D eigenvalue weighted by Gasteiger charge is 2.24. The van der Waals surface area contributed by atoms with Gasteiger partial charge in [-0.05, 0) is 30.2 Å². The molecular formula is C21H22N6O3. The number of benzene rings is 1. The highest BCUT2D eigenvalue weighted by atomic mass is 16.5. The van der Waals surface area contributed by atoms with Gasteiger partial charge in [0.2, 0.25) is 11.9 Å². The summed E-state index contributed by atoms with van der Waals surface area (Å²) in [6.45, 7) is 1.72. The van der Waals surface area contributed by atoms with Crippen molar-refractivity contribution in [2.45, 2.75) is 12.5 Å². The molecule has 3 aromatic rings. The molecule has 1 atom stereocenters. The molecule has 1 saturated heterocycles. The summed E-state index contributed by atoms with van der Waals surface area (Å²) in [5.74, 6) is 0.0570. The molecule has 0 aliphatic carbocycles. The Bertz CT molecular complexity index is 1120. The first-order valence-electron chi connectivity index (χ1n) is 9.63. The lowest BCUT2D eigenvalue weighted by atomic mass is 10.1. The number of primary amides is 1. The van der Waals surface area contributed by atoms with E-state index in [9.17, 15) is 9.59 Å². The molecule has 1 aromatic carbocycles. The van der Waals surface area contributed by atoms with Crippen LogP contribution >= 0.6 is 0 Å². The minimum absolute atomic E-state index is 0.175. The summed E-state index contributed by atoms with van der Waals surface area (Å²) in [5.41, 5.74) is 7.61. The number of aromatic nitrogens is 4. The number of carbonyl (C=O) groups excluding carboxylic acids is 1. The number of hydrogen-bond donors (Lipinski definition) is 1.